The van der Waals surface area contributed by atoms with Gasteiger partial charge in [0.25, 0.3) is 0 Å². The van der Waals surface area contributed by atoms with E-state index < -0.39 is 0 Å². The number of hydrogen-bond donors (Lipinski definition) is 4. The van der Waals surface area contributed by atoms with E-state index in [-0.39, 0.29) is 12.1 Å². The highest BCUT2D eigenvalue weighted by Gasteiger charge is 2.03. The Kier molecular flexibility index (Phi) is 7.81. The molecular weight excluding hydrogens is 278 g/mol. The van der Waals surface area contributed by atoms with Crippen LogP contribution in [-0.4, -0.2) is 31.1 Å². The largest absolute Gasteiger partial charge is 0.357 e. The maximum absolute atomic E-state index is 11.6. The van der Waals surface area contributed by atoms with Crippen molar-refractivity contribution < 1.29 is 4.79 Å². The Morgan fingerprint density at radius 2 is 1.68 bits per heavy atom. The first kappa shape index (κ1) is 17.8. The van der Waals surface area contributed by atoms with E-state index in [0.717, 1.165) is 30.3 Å². The fraction of sp³-hybridized carbons (Fsp3) is 0.500. The zero-order valence-corrected chi connectivity index (χ0v) is 13.9. The summed E-state index contributed by atoms with van der Waals surface area (Å²) in [6.45, 7) is 10.2. The second-order valence-corrected chi connectivity index (χ2v) is 5.18. The highest BCUT2D eigenvalue weighted by atomic mass is 16.2. The quantitative estimate of drug-likeness (QED) is 0.481. The Hall–Kier alpha value is -2.24. The molecule has 0 spiro atoms. The molecule has 0 aliphatic rings. The van der Waals surface area contributed by atoms with Crippen molar-refractivity contribution in [1.29, 1.82) is 0 Å². The van der Waals surface area contributed by atoms with Gasteiger partial charge >= 0.3 is 6.03 Å². The zero-order valence-electron chi connectivity index (χ0n) is 13.9. The standard InChI is InChI=1S/C16H27N5O/c1-5-17-15(18-6-2)19-11-13-7-9-14(10-8-13)21-16(22)20-12(3)4/h7-10,12H,5-6,11H2,1-4H3,(H2,17,18,19)(H2,20,21,22). The van der Waals surface area contributed by atoms with Crippen molar-refractivity contribution in [3.8, 4) is 0 Å². The van der Waals surface area contributed by atoms with Gasteiger partial charge < -0.3 is 21.3 Å². The van der Waals surface area contributed by atoms with Gasteiger partial charge in [0.1, 0.15) is 0 Å². The van der Waals surface area contributed by atoms with Gasteiger partial charge in [0, 0.05) is 24.8 Å². The third-order valence-corrected chi connectivity index (χ3v) is 2.74. The summed E-state index contributed by atoms with van der Waals surface area (Å²) in [6.07, 6.45) is 0. The Morgan fingerprint density at radius 1 is 1.09 bits per heavy atom. The lowest BCUT2D eigenvalue weighted by Gasteiger charge is -2.11. The molecule has 0 saturated heterocycles. The van der Waals surface area contributed by atoms with Gasteiger partial charge in [-0.25, -0.2) is 9.79 Å². The van der Waals surface area contributed by atoms with Gasteiger partial charge in [0.2, 0.25) is 0 Å². The summed E-state index contributed by atoms with van der Waals surface area (Å²) in [6, 6.07) is 7.61. The smallest absolute Gasteiger partial charge is 0.319 e. The van der Waals surface area contributed by atoms with Crippen LogP contribution in [0.1, 0.15) is 33.3 Å². The molecule has 22 heavy (non-hydrogen) atoms. The van der Waals surface area contributed by atoms with Crippen LogP contribution in [0.25, 0.3) is 0 Å². The molecular formula is C16H27N5O. The molecule has 6 heteroatoms. The number of guanidine groups is 1. The minimum Gasteiger partial charge on any atom is -0.357 e. The number of nitrogens with one attached hydrogen (secondary N) is 4. The second kappa shape index (κ2) is 9.65. The van der Waals surface area contributed by atoms with Crippen molar-refractivity contribution in [1.82, 2.24) is 16.0 Å². The van der Waals surface area contributed by atoms with Gasteiger partial charge in [0.05, 0.1) is 6.54 Å². The van der Waals surface area contributed by atoms with E-state index in [1.54, 1.807) is 0 Å². The Balaban J connectivity index is 2.57. The fourth-order valence-corrected chi connectivity index (χ4v) is 1.80. The monoisotopic (exact) mass is 305 g/mol. The predicted octanol–water partition coefficient (Wildman–Crippen LogP) is 2.29. The molecule has 122 valence electrons. The number of carbonyl (C=O) groups excluding carboxylic acids is 1. The van der Waals surface area contributed by atoms with E-state index in [9.17, 15) is 4.79 Å². The lowest BCUT2D eigenvalue weighted by atomic mass is 10.2. The third-order valence-electron chi connectivity index (χ3n) is 2.74. The minimum atomic E-state index is -0.192. The van der Waals surface area contributed by atoms with Crippen LogP contribution in [0.15, 0.2) is 29.3 Å². The molecule has 0 aromatic heterocycles. The first-order chi connectivity index (χ1) is 10.5. The summed E-state index contributed by atoms with van der Waals surface area (Å²) >= 11 is 0. The molecule has 0 fully saturated rings. The zero-order chi connectivity index (χ0) is 16.4. The molecule has 1 aromatic rings. The van der Waals surface area contributed by atoms with Crippen LogP contribution in [0.3, 0.4) is 0 Å². The number of benzene rings is 1. The van der Waals surface area contributed by atoms with Crippen molar-refractivity contribution in [2.45, 2.75) is 40.3 Å². The van der Waals surface area contributed by atoms with Gasteiger partial charge in [-0.2, -0.15) is 0 Å². The van der Waals surface area contributed by atoms with Crippen molar-refractivity contribution in [2.75, 3.05) is 18.4 Å². The molecule has 4 N–H and O–H groups in total. The van der Waals surface area contributed by atoms with Crippen LogP contribution < -0.4 is 21.3 Å². The summed E-state index contributed by atoms with van der Waals surface area (Å²) in [5, 5.41) is 11.9. The molecule has 0 bridgehead atoms. The SMILES string of the molecule is CCNC(=NCc1ccc(NC(=O)NC(C)C)cc1)NCC. The molecule has 0 atom stereocenters. The Morgan fingerprint density at radius 3 is 2.18 bits per heavy atom. The van der Waals surface area contributed by atoms with Crippen LogP contribution in [-0.2, 0) is 6.54 Å². The first-order valence-electron chi connectivity index (χ1n) is 7.73. The maximum atomic E-state index is 11.6. The van der Waals surface area contributed by atoms with Gasteiger partial charge in [-0.1, -0.05) is 12.1 Å². The average molecular weight is 305 g/mol. The van der Waals surface area contributed by atoms with Crippen LogP contribution in [0, 0.1) is 0 Å². The van der Waals surface area contributed by atoms with Crippen LogP contribution in [0.5, 0.6) is 0 Å². The van der Waals surface area contributed by atoms with E-state index in [2.05, 4.69) is 26.3 Å². The number of aliphatic imine (C=N–C) groups is 1. The summed E-state index contributed by atoms with van der Waals surface area (Å²) in [7, 11) is 0. The number of carbonyl (C=O) groups is 1. The molecule has 0 saturated carbocycles. The number of amides is 2. The Bertz CT molecular complexity index is 474. The molecule has 2 amide bonds. The molecule has 0 radical (unpaired) electrons. The van der Waals surface area contributed by atoms with Crippen molar-refractivity contribution in [3.05, 3.63) is 29.8 Å². The highest BCUT2D eigenvalue weighted by Crippen LogP contribution is 2.10. The van der Waals surface area contributed by atoms with Gasteiger partial charge in [-0.3, -0.25) is 0 Å². The van der Waals surface area contributed by atoms with Crippen molar-refractivity contribution >= 4 is 17.7 Å². The topological polar surface area (TPSA) is 77.5 Å². The number of anilines is 1. The van der Waals surface area contributed by atoms with E-state index in [4.69, 9.17) is 0 Å². The first-order valence-corrected chi connectivity index (χ1v) is 7.73. The van der Waals surface area contributed by atoms with E-state index >= 15 is 0 Å². The van der Waals surface area contributed by atoms with Crippen LogP contribution in [0.4, 0.5) is 10.5 Å². The normalized spacial score (nSPS) is 10.0. The molecule has 0 unspecified atom stereocenters. The molecule has 0 heterocycles. The molecule has 1 rings (SSSR count). The second-order valence-electron chi connectivity index (χ2n) is 5.18. The van der Waals surface area contributed by atoms with E-state index in [1.165, 1.54) is 0 Å². The van der Waals surface area contributed by atoms with Gasteiger partial charge in [0.15, 0.2) is 5.96 Å². The van der Waals surface area contributed by atoms with Crippen LogP contribution in [0.2, 0.25) is 0 Å². The molecule has 6 nitrogen and oxygen atoms in total. The Labute approximate surface area is 132 Å². The average Bonchev–Trinajstić information content (AvgIpc) is 2.46. The van der Waals surface area contributed by atoms with Gasteiger partial charge in [-0.05, 0) is 45.4 Å². The number of nitrogens with zero attached hydrogens (tertiary/aromatic N) is 1. The molecule has 0 aliphatic heterocycles. The number of urea groups is 1. The minimum absolute atomic E-state index is 0.115. The van der Waals surface area contributed by atoms with E-state index in [1.807, 2.05) is 52.0 Å². The predicted molar refractivity (Wildman–Crippen MR) is 92.2 cm³/mol. The van der Waals surface area contributed by atoms with Crippen molar-refractivity contribution in [3.63, 3.8) is 0 Å². The van der Waals surface area contributed by atoms with Crippen molar-refractivity contribution in [2.24, 2.45) is 4.99 Å². The lowest BCUT2D eigenvalue weighted by molar-refractivity contribution is 0.250. The maximum Gasteiger partial charge on any atom is 0.319 e. The number of rotatable bonds is 6. The summed E-state index contributed by atoms with van der Waals surface area (Å²) in [5.74, 6) is 0.809. The molecule has 1 aromatic carbocycles. The number of hydrogen-bond acceptors (Lipinski definition) is 2. The van der Waals surface area contributed by atoms with Crippen LogP contribution >= 0.6 is 0 Å². The van der Waals surface area contributed by atoms with E-state index in [0.29, 0.717) is 6.54 Å². The third kappa shape index (κ3) is 6.97. The molecule has 0 aliphatic carbocycles. The summed E-state index contributed by atoms with van der Waals surface area (Å²) in [5.41, 5.74) is 1.85. The fourth-order valence-electron chi connectivity index (χ4n) is 1.80. The lowest BCUT2D eigenvalue weighted by Crippen LogP contribution is -2.36. The van der Waals surface area contributed by atoms with Gasteiger partial charge in [-0.15, -0.1) is 0 Å². The summed E-state index contributed by atoms with van der Waals surface area (Å²) < 4.78 is 0. The summed E-state index contributed by atoms with van der Waals surface area (Å²) in [4.78, 5) is 16.1. The highest BCUT2D eigenvalue weighted by molar-refractivity contribution is 5.89.